The van der Waals surface area contributed by atoms with Crippen LogP contribution in [-0.2, 0) is 0 Å². The van der Waals surface area contributed by atoms with Crippen LogP contribution in [0.1, 0.15) is 5.69 Å². The van der Waals surface area contributed by atoms with Crippen molar-refractivity contribution in [3.05, 3.63) is 53.7 Å². The van der Waals surface area contributed by atoms with Crippen LogP contribution in [0.15, 0.2) is 48.0 Å². The molecular weight excluding hydrogens is 228 g/mol. The molecule has 80 valence electrons. The summed E-state index contributed by atoms with van der Waals surface area (Å²) in [5.74, 6) is 0. The zero-order valence-electron chi connectivity index (χ0n) is 8.92. The molecule has 17 heavy (non-hydrogen) atoms. The molecule has 2 aromatic heterocycles. The summed E-state index contributed by atoms with van der Waals surface area (Å²) in [4.78, 5) is 5.30. The summed E-state index contributed by atoms with van der Waals surface area (Å²) < 4.78 is 0. The molecule has 0 unspecified atom stereocenters. The third-order valence-corrected chi connectivity index (χ3v) is 3.60. The molecular formula is C14H8N2S. The fourth-order valence-corrected chi connectivity index (χ4v) is 2.71. The van der Waals surface area contributed by atoms with Crippen molar-refractivity contribution in [1.82, 2.24) is 4.98 Å². The van der Waals surface area contributed by atoms with Crippen molar-refractivity contribution < 1.29 is 0 Å². The Labute approximate surface area is 103 Å². The van der Waals surface area contributed by atoms with Crippen LogP contribution in [0.4, 0.5) is 0 Å². The second-order valence-corrected chi connectivity index (χ2v) is 4.60. The zero-order chi connectivity index (χ0) is 11.7. The lowest BCUT2D eigenvalue weighted by molar-refractivity contribution is 1.30. The van der Waals surface area contributed by atoms with E-state index in [4.69, 9.17) is 5.26 Å². The van der Waals surface area contributed by atoms with Gasteiger partial charge in [0.25, 0.3) is 0 Å². The van der Waals surface area contributed by atoms with Gasteiger partial charge in [0.05, 0.1) is 0 Å². The molecule has 0 saturated carbocycles. The minimum atomic E-state index is 0.487. The molecule has 0 aliphatic rings. The molecule has 3 rings (SSSR count). The van der Waals surface area contributed by atoms with Crippen LogP contribution < -0.4 is 0 Å². The predicted octanol–water partition coefficient (Wildman–Crippen LogP) is 3.83. The van der Waals surface area contributed by atoms with E-state index in [1.54, 1.807) is 17.5 Å². The van der Waals surface area contributed by atoms with Gasteiger partial charge >= 0.3 is 0 Å². The van der Waals surface area contributed by atoms with Crippen LogP contribution in [0.3, 0.4) is 0 Å². The van der Waals surface area contributed by atoms with Gasteiger partial charge in [0, 0.05) is 16.5 Å². The molecule has 3 heteroatoms. The van der Waals surface area contributed by atoms with E-state index < -0.39 is 0 Å². The Kier molecular flexibility index (Phi) is 2.36. The number of benzene rings is 1. The largest absolute Gasteiger partial charge is 0.245 e. The number of hydrogen-bond acceptors (Lipinski definition) is 3. The number of aromatic nitrogens is 1. The molecule has 1 aromatic carbocycles. The average Bonchev–Trinajstić information content (AvgIpc) is 2.91. The van der Waals surface area contributed by atoms with Gasteiger partial charge in [0.1, 0.15) is 11.8 Å². The van der Waals surface area contributed by atoms with Gasteiger partial charge in [-0.2, -0.15) is 5.26 Å². The van der Waals surface area contributed by atoms with E-state index in [0.29, 0.717) is 5.69 Å². The summed E-state index contributed by atoms with van der Waals surface area (Å²) in [6, 6.07) is 14.2. The third kappa shape index (κ3) is 1.59. The van der Waals surface area contributed by atoms with E-state index in [1.165, 1.54) is 4.88 Å². The Morgan fingerprint density at radius 1 is 1.06 bits per heavy atom. The van der Waals surface area contributed by atoms with E-state index >= 15 is 0 Å². The maximum Gasteiger partial charge on any atom is 0.148 e. The Balaban J connectivity index is 2.39. The fourth-order valence-electron chi connectivity index (χ4n) is 1.94. The SMILES string of the molecule is N#Cc1nccc2c(-c3cccs3)cccc12. The Morgan fingerprint density at radius 2 is 2.00 bits per heavy atom. The Bertz CT molecular complexity index is 709. The first-order chi connectivity index (χ1) is 8.40. The summed E-state index contributed by atoms with van der Waals surface area (Å²) >= 11 is 1.70. The fraction of sp³-hybridized carbons (Fsp3) is 0. The topological polar surface area (TPSA) is 36.7 Å². The molecule has 2 heterocycles. The number of nitrogens with zero attached hydrogens (tertiary/aromatic N) is 2. The highest BCUT2D eigenvalue weighted by molar-refractivity contribution is 7.13. The van der Waals surface area contributed by atoms with E-state index in [2.05, 4.69) is 28.6 Å². The highest BCUT2D eigenvalue weighted by Crippen LogP contribution is 2.32. The van der Waals surface area contributed by atoms with Crippen molar-refractivity contribution in [2.75, 3.05) is 0 Å². The first-order valence-electron chi connectivity index (χ1n) is 5.22. The summed E-state index contributed by atoms with van der Waals surface area (Å²) in [7, 11) is 0. The Morgan fingerprint density at radius 3 is 2.76 bits per heavy atom. The van der Waals surface area contributed by atoms with Crippen molar-refractivity contribution in [3.63, 3.8) is 0 Å². The molecule has 0 radical (unpaired) electrons. The van der Waals surface area contributed by atoms with Crippen LogP contribution in [0.5, 0.6) is 0 Å². The molecule has 0 fully saturated rings. The highest BCUT2D eigenvalue weighted by Gasteiger charge is 2.07. The average molecular weight is 236 g/mol. The maximum atomic E-state index is 9.05. The number of rotatable bonds is 1. The lowest BCUT2D eigenvalue weighted by Gasteiger charge is -2.04. The van der Waals surface area contributed by atoms with Crippen molar-refractivity contribution in [2.45, 2.75) is 0 Å². The van der Waals surface area contributed by atoms with Gasteiger partial charge in [-0.3, -0.25) is 0 Å². The molecule has 0 N–H and O–H groups in total. The molecule has 0 bridgehead atoms. The van der Waals surface area contributed by atoms with Gasteiger partial charge in [0.15, 0.2) is 0 Å². The van der Waals surface area contributed by atoms with Crippen molar-refractivity contribution in [3.8, 4) is 16.5 Å². The molecule has 0 aliphatic carbocycles. The zero-order valence-corrected chi connectivity index (χ0v) is 9.74. The first-order valence-corrected chi connectivity index (χ1v) is 6.10. The minimum absolute atomic E-state index is 0.487. The monoisotopic (exact) mass is 236 g/mol. The van der Waals surface area contributed by atoms with Gasteiger partial charge in [-0.05, 0) is 28.5 Å². The van der Waals surface area contributed by atoms with Crippen LogP contribution in [0.25, 0.3) is 21.2 Å². The van der Waals surface area contributed by atoms with Crippen LogP contribution >= 0.6 is 11.3 Å². The van der Waals surface area contributed by atoms with Crippen LogP contribution in [0, 0.1) is 11.3 Å². The normalized spacial score (nSPS) is 10.3. The molecule has 0 atom stereocenters. The van der Waals surface area contributed by atoms with E-state index in [1.807, 2.05) is 24.3 Å². The summed E-state index contributed by atoms with van der Waals surface area (Å²) in [5, 5.41) is 13.1. The predicted molar refractivity (Wildman–Crippen MR) is 69.8 cm³/mol. The van der Waals surface area contributed by atoms with Gasteiger partial charge in [-0.25, -0.2) is 4.98 Å². The van der Waals surface area contributed by atoms with Crippen molar-refractivity contribution >= 4 is 22.1 Å². The van der Waals surface area contributed by atoms with E-state index in [9.17, 15) is 0 Å². The van der Waals surface area contributed by atoms with Crippen molar-refractivity contribution in [1.29, 1.82) is 5.26 Å². The number of hydrogen-bond donors (Lipinski definition) is 0. The first kappa shape index (κ1) is 10.0. The van der Waals surface area contributed by atoms with E-state index in [-0.39, 0.29) is 0 Å². The second kappa shape index (κ2) is 4.00. The molecule has 2 nitrogen and oxygen atoms in total. The van der Waals surface area contributed by atoms with E-state index in [0.717, 1.165) is 16.3 Å². The highest BCUT2D eigenvalue weighted by atomic mass is 32.1. The molecule has 0 amide bonds. The van der Waals surface area contributed by atoms with Gasteiger partial charge in [-0.15, -0.1) is 11.3 Å². The van der Waals surface area contributed by atoms with Gasteiger partial charge < -0.3 is 0 Å². The number of pyridine rings is 1. The number of thiophene rings is 1. The second-order valence-electron chi connectivity index (χ2n) is 3.65. The lowest BCUT2D eigenvalue weighted by Crippen LogP contribution is -1.86. The van der Waals surface area contributed by atoms with Gasteiger partial charge in [0.2, 0.25) is 0 Å². The smallest absolute Gasteiger partial charge is 0.148 e. The summed E-state index contributed by atoms with van der Waals surface area (Å²) in [6.45, 7) is 0. The standard InChI is InChI=1S/C14H8N2S/c15-9-13-11-3-1-4-12(10(11)6-7-16-13)14-5-2-8-17-14/h1-8H. The molecule has 0 aliphatic heterocycles. The van der Waals surface area contributed by atoms with Crippen molar-refractivity contribution in [2.24, 2.45) is 0 Å². The van der Waals surface area contributed by atoms with Crippen LogP contribution in [0.2, 0.25) is 0 Å². The summed E-state index contributed by atoms with van der Waals surface area (Å²) in [6.07, 6.45) is 1.69. The lowest BCUT2D eigenvalue weighted by atomic mass is 10.0. The molecule has 3 aromatic rings. The maximum absolute atomic E-state index is 9.05. The molecule has 0 spiro atoms. The quantitative estimate of drug-likeness (QED) is 0.643. The summed E-state index contributed by atoms with van der Waals surface area (Å²) in [5.41, 5.74) is 1.65. The third-order valence-electron chi connectivity index (χ3n) is 2.70. The van der Waals surface area contributed by atoms with Crippen LogP contribution in [-0.4, -0.2) is 4.98 Å². The van der Waals surface area contributed by atoms with Gasteiger partial charge in [-0.1, -0.05) is 24.3 Å². The minimum Gasteiger partial charge on any atom is -0.245 e. The molecule has 0 saturated heterocycles. The number of fused-ring (bicyclic) bond motifs is 1. The Hall–Kier alpha value is -2.18. The number of nitriles is 1.